The first-order chi connectivity index (χ1) is 9.58. The molecule has 2 rings (SSSR count). The van der Waals surface area contributed by atoms with Crippen LogP contribution in [-0.4, -0.2) is 58.1 Å². The molecule has 0 spiro atoms. The third-order valence-corrected chi connectivity index (χ3v) is 3.84. The lowest BCUT2D eigenvalue weighted by molar-refractivity contribution is 0.159. The van der Waals surface area contributed by atoms with Crippen molar-refractivity contribution in [2.75, 3.05) is 33.9 Å². The van der Waals surface area contributed by atoms with Gasteiger partial charge in [-0.2, -0.15) is 5.10 Å². The van der Waals surface area contributed by atoms with Crippen molar-refractivity contribution in [3.8, 4) is 0 Å². The number of methoxy groups -OCH3 is 1. The van der Waals surface area contributed by atoms with Crippen molar-refractivity contribution in [2.45, 2.75) is 26.9 Å². The molecule has 0 unspecified atom stereocenters. The Kier molecular flexibility index (Phi) is 4.95. The van der Waals surface area contributed by atoms with Gasteiger partial charge in [0.05, 0.1) is 12.3 Å². The number of nitrogens with zero attached hydrogens (tertiary/aromatic N) is 4. The van der Waals surface area contributed by atoms with Crippen LogP contribution in [0.2, 0.25) is 0 Å². The second kappa shape index (κ2) is 6.51. The Morgan fingerprint density at radius 1 is 1.40 bits per heavy atom. The lowest BCUT2D eigenvalue weighted by Crippen LogP contribution is -2.27. The monoisotopic (exact) mass is 297 g/mol. The summed E-state index contributed by atoms with van der Waals surface area (Å²) in [5, 5.41) is 4.53. The molecule has 0 radical (unpaired) electrons. The van der Waals surface area contributed by atoms with E-state index in [0.717, 1.165) is 54.4 Å². The van der Waals surface area contributed by atoms with Crippen LogP contribution < -0.4 is 0 Å². The van der Waals surface area contributed by atoms with Crippen LogP contribution in [0.3, 0.4) is 0 Å². The van der Waals surface area contributed by atoms with Crippen LogP contribution in [0.4, 0.5) is 0 Å². The first kappa shape index (κ1) is 15.2. The molecular weight excluding hydrogens is 274 g/mol. The number of nitrogens with one attached hydrogen (secondary N) is 1. The van der Waals surface area contributed by atoms with Crippen molar-refractivity contribution in [1.29, 1.82) is 0 Å². The van der Waals surface area contributed by atoms with Crippen molar-refractivity contribution >= 4 is 23.4 Å². The van der Waals surface area contributed by atoms with Crippen molar-refractivity contribution in [3.05, 3.63) is 10.5 Å². The Bertz CT molecular complexity index is 627. The third kappa shape index (κ3) is 2.94. The molecule has 0 aliphatic heterocycles. The van der Waals surface area contributed by atoms with E-state index in [9.17, 15) is 0 Å². The van der Waals surface area contributed by atoms with E-state index in [1.807, 2.05) is 11.6 Å². The lowest BCUT2D eigenvalue weighted by atomic mass is 10.4. The Hall–Kier alpha value is -1.18. The molecule has 0 aliphatic rings. The summed E-state index contributed by atoms with van der Waals surface area (Å²) in [6.07, 6.45) is 0. The summed E-state index contributed by atoms with van der Waals surface area (Å²) >= 11 is 5.44. The number of aromatic amines is 1. The molecule has 112 valence electrons. The van der Waals surface area contributed by atoms with Gasteiger partial charge < -0.3 is 19.2 Å². The zero-order chi connectivity index (χ0) is 14.7. The summed E-state index contributed by atoms with van der Waals surface area (Å²) in [6, 6.07) is 0. The van der Waals surface area contributed by atoms with Crippen LogP contribution in [0.25, 0.3) is 11.2 Å². The number of fused-ring (bicyclic) bond motifs is 1. The largest absolute Gasteiger partial charge is 0.383 e. The number of likely N-dealkylation sites (N-methyl/N-ethyl adjacent to an activating group) is 1. The van der Waals surface area contributed by atoms with Gasteiger partial charge >= 0.3 is 0 Å². The fourth-order valence-corrected chi connectivity index (χ4v) is 2.60. The van der Waals surface area contributed by atoms with Gasteiger partial charge in [0.25, 0.3) is 0 Å². The Labute approximate surface area is 124 Å². The fraction of sp³-hybridized carbons (Fsp3) is 0.692. The molecular formula is C13H23N5OS. The number of imidazole rings is 1. The van der Waals surface area contributed by atoms with Gasteiger partial charge in [-0.05, 0) is 33.1 Å². The van der Waals surface area contributed by atoms with Crippen molar-refractivity contribution in [1.82, 2.24) is 24.2 Å². The number of ether oxygens (including phenoxy) is 1. The minimum atomic E-state index is 0.746. The number of hydrogen-bond acceptors (Lipinski definition) is 4. The summed E-state index contributed by atoms with van der Waals surface area (Å²) in [5.74, 6) is 0. The minimum absolute atomic E-state index is 0.746. The summed E-state index contributed by atoms with van der Waals surface area (Å²) in [5.41, 5.74) is 3.14. The van der Waals surface area contributed by atoms with Crippen LogP contribution in [0.1, 0.15) is 12.6 Å². The van der Waals surface area contributed by atoms with E-state index >= 15 is 0 Å². The van der Waals surface area contributed by atoms with E-state index in [4.69, 9.17) is 17.0 Å². The van der Waals surface area contributed by atoms with E-state index in [1.54, 1.807) is 7.11 Å². The minimum Gasteiger partial charge on any atom is -0.383 e. The second-order valence-corrected chi connectivity index (χ2v) is 5.36. The van der Waals surface area contributed by atoms with E-state index in [2.05, 4.69) is 33.5 Å². The molecule has 0 saturated carbocycles. The smallest absolute Gasteiger partial charge is 0.179 e. The summed E-state index contributed by atoms with van der Waals surface area (Å²) in [6.45, 7) is 8.39. The standard InChI is InChI=1S/C13H23N5OS/c1-5-18-12-11(10(2)15-18)14-13(20)17(12)7-6-16(3)8-9-19-4/h5-9H2,1-4H3,(H,14,20). The molecule has 0 aromatic carbocycles. The van der Waals surface area contributed by atoms with Gasteiger partial charge in [0.15, 0.2) is 10.4 Å². The van der Waals surface area contributed by atoms with Crippen LogP contribution in [-0.2, 0) is 17.8 Å². The number of aryl methyl sites for hydroxylation is 2. The van der Waals surface area contributed by atoms with Gasteiger partial charge in [0.2, 0.25) is 0 Å². The fourth-order valence-electron chi connectivity index (χ4n) is 2.32. The molecule has 0 bridgehead atoms. The maximum absolute atomic E-state index is 5.44. The summed E-state index contributed by atoms with van der Waals surface area (Å²) < 4.78 is 10.0. The normalized spacial score (nSPS) is 11.8. The van der Waals surface area contributed by atoms with Crippen molar-refractivity contribution < 1.29 is 4.74 Å². The highest BCUT2D eigenvalue weighted by molar-refractivity contribution is 7.71. The summed E-state index contributed by atoms with van der Waals surface area (Å²) in [4.78, 5) is 5.51. The average Bonchev–Trinajstić information content (AvgIpc) is 2.91. The molecule has 2 heterocycles. The SMILES string of the molecule is CCn1nc(C)c2[nH]c(=S)n(CCN(C)CCOC)c21. The highest BCUT2D eigenvalue weighted by atomic mass is 32.1. The van der Waals surface area contributed by atoms with Crippen molar-refractivity contribution in [2.24, 2.45) is 0 Å². The topological polar surface area (TPSA) is 51.0 Å². The summed E-state index contributed by atoms with van der Waals surface area (Å²) in [7, 11) is 3.82. The molecule has 2 aromatic rings. The highest BCUT2D eigenvalue weighted by Crippen LogP contribution is 2.17. The number of rotatable bonds is 7. The van der Waals surface area contributed by atoms with Crippen molar-refractivity contribution in [3.63, 3.8) is 0 Å². The predicted molar refractivity (Wildman–Crippen MR) is 82.7 cm³/mol. The molecule has 0 aliphatic carbocycles. The Morgan fingerprint density at radius 3 is 2.80 bits per heavy atom. The van der Waals surface area contributed by atoms with E-state index in [0.29, 0.717) is 0 Å². The van der Waals surface area contributed by atoms with Gasteiger partial charge in [-0.25, -0.2) is 4.68 Å². The van der Waals surface area contributed by atoms with Crippen LogP contribution in [0.15, 0.2) is 0 Å². The number of hydrogen-bond donors (Lipinski definition) is 1. The molecule has 0 atom stereocenters. The lowest BCUT2D eigenvalue weighted by Gasteiger charge is -2.16. The average molecular weight is 297 g/mol. The molecule has 20 heavy (non-hydrogen) atoms. The van der Waals surface area contributed by atoms with Crippen LogP contribution in [0, 0.1) is 11.7 Å². The zero-order valence-corrected chi connectivity index (χ0v) is 13.5. The third-order valence-electron chi connectivity index (χ3n) is 3.52. The van der Waals surface area contributed by atoms with Gasteiger partial charge in [0.1, 0.15) is 5.52 Å². The molecule has 7 heteroatoms. The molecule has 0 amide bonds. The van der Waals surface area contributed by atoms with E-state index in [-0.39, 0.29) is 0 Å². The van der Waals surface area contributed by atoms with Gasteiger partial charge in [-0.1, -0.05) is 0 Å². The highest BCUT2D eigenvalue weighted by Gasteiger charge is 2.13. The second-order valence-electron chi connectivity index (χ2n) is 4.98. The first-order valence-electron chi connectivity index (χ1n) is 6.91. The zero-order valence-electron chi connectivity index (χ0n) is 12.6. The maximum atomic E-state index is 5.44. The number of H-pyrrole nitrogens is 1. The first-order valence-corrected chi connectivity index (χ1v) is 7.32. The van der Waals surface area contributed by atoms with Crippen LogP contribution >= 0.6 is 12.2 Å². The Balaban J connectivity index is 2.21. The quantitative estimate of drug-likeness (QED) is 0.792. The van der Waals surface area contributed by atoms with Crippen LogP contribution in [0.5, 0.6) is 0 Å². The Morgan fingerprint density at radius 2 is 2.15 bits per heavy atom. The number of aromatic nitrogens is 4. The van der Waals surface area contributed by atoms with Gasteiger partial charge in [-0.15, -0.1) is 0 Å². The molecule has 2 aromatic heterocycles. The van der Waals surface area contributed by atoms with E-state index in [1.165, 1.54) is 0 Å². The van der Waals surface area contributed by atoms with Gasteiger partial charge in [0, 0.05) is 33.3 Å². The predicted octanol–water partition coefficient (Wildman–Crippen LogP) is 1.80. The molecule has 6 nitrogen and oxygen atoms in total. The molecule has 1 N–H and O–H groups in total. The maximum Gasteiger partial charge on any atom is 0.179 e. The molecule has 0 saturated heterocycles. The van der Waals surface area contributed by atoms with Gasteiger partial charge in [-0.3, -0.25) is 0 Å². The molecule has 0 fully saturated rings. The van der Waals surface area contributed by atoms with E-state index < -0.39 is 0 Å².